The van der Waals surface area contributed by atoms with Crippen LogP contribution in [0, 0.1) is 0 Å². The molecule has 2 aromatic heterocycles. The van der Waals surface area contributed by atoms with Gasteiger partial charge in [0.25, 0.3) is 0 Å². The normalized spacial score (nSPS) is 11.1. The highest BCUT2D eigenvalue weighted by molar-refractivity contribution is 8.00. The molecule has 6 aromatic rings. The number of H-pyrrole nitrogens is 2. The number of nitrogens with one attached hydrogen (secondary N) is 4. The number of amides is 2. The van der Waals surface area contributed by atoms with Crippen molar-refractivity contribution < 1.29 is 19.1 Å². The summed E-state index contributed by atoms with van der Waals surface area (Å²) in [5.41, 5.74) is 4.81. The first kappa shape index (κ1) is 30.4. The molecule has 2 amide bonds. The molecule has 10 nitrogen and oxygen atoms in total. The Kier molecular flexibility index (Phi) is 9.48. The number of thioether (sulfide) groups is 2. The number of carbonyl (C=O) groups excluding carboxylic acids is 2. The molecule has 0 saturated heterocycles. The minimum Gasteiger partial charge on any atom is -0.497 e. The van der Waals surface area contributed by atoms with Crippen LogP contribution in [0.4, 0.5) is 11.4 Å². The van der Waals surface area contributed by atoms with Gasteiger partial charge in [-0.1, -0.05) is 35.3 Å². The Morgan fingerprint density at radius 2 is 1.07 bits per heavy atom. The third-order valence-electron chi connectivity index (χ3n) is 6.53. The molecule has 6 rings (SSSR count). The van der Waals surface area contributed by atoms with Gasteiger partial charge in [-0.25, -0.2) is 9.97 Å². The fourth-order valence-electron chi connectivity index (χ4n) is 4.33. The summed E-state index contributed by atoms with van der Waals surface area (Å²) in [4.78, 5) is 42.5. The van der Waals surface area contributed by atoms with E-state index in [0.717, 1.165) is 54.7 Å². The lowest BCUT2D eigenvalue weighted by Crippen LogP contribution is -2.14. The lowest BCUT2D eigenvalue weighted by Gasteiger charge is -2.08. The van der Waals surface area contributed by atoms with E-state index in [1.54, 1.807) is 26.0 Å². The van der Waals surface area contributed by atoms with Gasteiger partial charge < -0.3 is 30.1 Å². The van der Waals surface area contributed by atoms with E-state index in [0.29, 0.717) is 10.3 Å². The number of fused-ring (bicyclic) bond motifs is 2. The standard InChI is InChI=1S/C32H28N6O4S3/c1-41-21-7-13-25-27(15-21)37-31(35-25)43-17-29(39)33-19-3-9-23(10-4-19)45-24-11-5-20(6-12-24)34-30(40)18-44-32-36-26-14-8-22(42-2)16-28(26)38-32/h3-16H,17-18H2,1-2H3,(H,33,39)(H,34,40)(H,35,37)(H,36,38). The third kappa shape index (κ3) is 7.93. The zero-order chi connectivity index (χ0) is 31.2. The van der Waals surface area contributed by atoms with Crippen molar-refractivity contribution in [3.8, 4) is 11.5 Å². The number of rotatable bonds is 12. The average molecular weight is 657 g/mol. The second kappa shape index (κ2) is 14.0. The molecule has 45 heavy (non-hydrogen) atoms. The molecule has 0 aliphatic rings. The molecule has 4 aromatic carbocycles. The first-order chi connectivity index (χ1) is 21.9. The van der Waals surface area contributed by atoms with Gasteiger partial charge in [0.1, 0.15) is 11.5 Å². The molecule has 0 radical (unpaired) electrons. The van der Waals surface area contributed by atoms with Crippen LogP contribution >= 0.6 is 35.3 Å². The predicted molar refractivity (Wildman–Crippen MR) is 181 cm³/mol. The number of methoxy groups -OCH3 is 2. The third-order valence-corrected chi connectivity index (χ3v) is 9.29. The number of ether oxygens (including phenoxy) is 2. The number of anilines is 2. The predicted octanol–water partition coefficient (Wildman–Crippen LogP) is 7.07. The van der Waals surface area contributed by atoms with E-state index < -0.39 is 0 Å². The molecular formula is C32H28N6O4S3. The maximum atomic E-state index is 12.5. The van der Waals surface area contributed by atoms with Crippen molar-refractivity contribution in [2.45, 2.75) is 20.1 Å². The van der Waals surface area contributed by atoms with Gasteiger partial charge in [-0.2, -0.15) is 0 Å². The van der Waals surface area contributed by atoms with Crippen LogP contribution in [0.3, 0.4) is 0 Å². The summed E-state index contributed by atoms with van der Waals surface area (Å²) in [5.74, 6) is 1.71. The Morgan fingerprint density at radius 1 is 0.644 bits per heavy atom. The maximum Gasteiger partial charge on any atom is 0.234 e. The molecule has 2 heterocycles. The number of hydrogen-bond donors (Lipinski definition) is 4. The number of benzene rings is 4. The van der Waals surface area contributed by atoms with Crippen molar-refractivity contribution >= 4 is 80.5 Å². The number of aromatic nitrogens is 4. The van der Waals surface area contributed by atoms with Crippen LogP contribution in [-0.2, 0) is 9.59 Å². The van der Waals surface area contributed by atoms with Gasteiger partial charge in [0.05, 0.1) is 47.8 Å². The van der Waals surface area contributed by atoms with Crippen LogP contribution in [0.25, 0.3) is 22.1 Å². The molecule has 0 unspecified atom stereocenters. The van der Waals surface area contributed by atoms with Crippen LogP contribution in [0.1, 0.15) is 0 Å². The lowest BCUT2D eigenvalue weighted by molar-refractivity contribution is -0.114. The van der Waals surface area contributed by atoms with Gasteiger partial charge in [0.2, 0.25) is 11.8 Å². The quantitative estimate of drug-likeness (QED) is 0.102. The van der Waals surface area contributed by atoms with Crippen molar-refractivity contribution in [1.29, 1.82) is 0 Å². The van der Waals surface area contributed by atoms with Gasteiger partial charge in [0, 0.05) is 33.3 Å². The van der Waals surface area contributed by atoms with E-state index in [-0.39, 0.29) is 23.3 Å². The Bertz CT molecular complexity index is 1820. The van der Waals surface area contributed by atoms with Crippen molar-refractivity contribution in [1.82, 2.24) is 19.9 Å². The summed E-state index contributed by atoms with van der Waals surface area (Å²) in [6.07, 6.45) is 0. The van der Waals surface area contributed by atoms with Gasteiger partial charge in [-0.15, -0.1) is 0 Å². The Labute approximate surface area is 271 Å². The molecular weight excluding hydrogens is 629 g/mol. The summed E-state index contributed by atoms with van der Waals surface area (Å²) in [5, 5.41) is 7.21. The summed E-state index contributed by atoms with van der Waals surface area (Å²) >= 11 is 4.27. The van der Waals surface area contributed by atoms with E-state index in [4.69, 9.17) is 9.47 Å². The molecule has 0 fully saturated rings. The summed E-state index contributed by atoms with van der Waals surface area (Å²) in [6, 6.07) is 26.6. The highest BCUT2D eigenvalue weighted by Gasteiger charge is 2.11. The number of hydrogen-bond acceptors (Lipinski definition) is 9. The molecule has 0 aliphatic carbocycles. The molecule has 0 atom stereocenters. The van der Waals surface area contributed by atoms with E-state index in [9.17, 15) is 9.59 Å². The molecule has 228 valence electrons. The minimum absolute atomic E-state index is 0.118. The van der Waals surface area contributed by atoms with Crippen LogP contribution in [0.2, 0.25) is 0 Å². The number of aromatic amines is 2. The molecule has 13 heteroatoms. The van der Waals surface area contributed by atoms with Gasteiger partial charge in [-0.05, 0) is 72.8 Å². The largest absolute Gasteiger partial charge is 0.497 e. The number of nitrogens with zero attached hydrogens (tertiary/aromatic N) is 2. The van der Waals surface area contributed by atoms with Crippen molar-refractivity contribution in [3.63, 3.8) is 0 Å². The first-order valence-corrected chi connectivity index (χ1v) is 16.5. The lowest BCUT2D eigenvalue weighted by atomic mass is 10.3. The monoisotopic (exact) mass is 656 g/mol. The zero-order valence-electron chi connectivity index (χ0n) is 24.2. The van der Waals surface area contributed by atoms with Crippen LogP contribution < -0.4 is 20.1 Å². The highest BCUT2D eigenvalue weighted by atomic mass is 32.2. The Hall–Kier alpha value is -4.59. The fraction of sp³-hybridized carbons (Fsp3) is 0.125. The smallest absolute Gasteiger partial charge is 0.234 e. The Balaban J connectivity index is 0.944. The average Bonchev–Trinajstić information content (AvgIpc) is 3.67. The van der Waals surface area contributed by atoms with Crippen molar-refractivity contribution in [2.75, 3.05) is 36.4 Å². The van der Waals surface area contributed by atoms with Crippen molar-refractivity contribution in [3.05, 3.63) is 84.9 Å². The maximum absolute atomic E-state index is 12.5. The zero-order valence-corrected chi connectivity index (χ0v) is 26.7. The fourth-order valence-corrected chi connectivity index (χ4v) is 6.52. The topological polar surface area (TPSA) is 134 Å². The second-order valence-corrected chi connectivity index (χ2v) is 12.7. The van der Waals surface area contributed by atoms with Crippen LogP contribution in [0.15, 0.2) is 105 Å². The molecule has 0 spiro atoms. The van der Waals surface area contributed by atoms with E-state index in [1.807, 2.05) is 84.9 Å². The summed E-state index contributed by atoms with van der Waals surface area (Å²) < 4.78 is 10.5. The molecule has 4 N–H and O–H groups in total. The Morgan fingerprint density at radius 3 is 1.47 bits per heavy atom. The highest BCUT2D eigenvalue weighted by Crippen LogP contribution is 2.30. The minimum atomic E-state index is -0.118. The summed E-state index contributed by atoms with van der Waals surface area (Å²) in [7, 11) is 3.24. The number of imidazole rings is 2. The van der Waals surface area contributed by atoms with E-state index in [1.165, 1.54) is 23.5 Å². The van der Waals surface area contributed by atoms with Crippen molar-refractivity contribution in [2.24, 2.45) is 0 Å². The first-order valence-electron chi connectivity index (χ1n) is 13.7. The SMILES string of the molecule is COc1ccc2nc(SCC(=O)Nc3ccc(Sc4ccc(NC(=O)CSc5nc6ccc(OC)cc6[nH]5)cc4)cc3)[nH]c2c1. The second-order valence-electron chi connectivity index (χ2n) is 9.67. The van der Waals surface area contributed by atoms with Crippen LogP contribution in [0.5, 0.6) is 11.5 Å². The van der Waals surface area contributed by atoms with Crippen LogP contribution in [-0.4, -0.2) is 57.5 Å². The molecule has 0 bridgehead atoms. The van der Waals surface area contributed by atoms with Gasteiger partial charge >= 0.3 is 0 Å². The molecule has 0 aliphatic heterocycles. The van der Waals surface area contributed by atoms with E-state index in [2.05, 4.69) is 30.6 Å². The van der Waals surface area contributed by atoms with Gasteiger partial charge in [0.15, 0.2) is 10.3 Å². The van der Waals surface area contributed by atoms with Gasteiger partial charge in [-0.3, -0.25) is 9.59 Å². The number of carbonyl (C=O) groups is 2. The summed E-state index contributed by atoms with van der Waals surface area (Å²) in [6.45, 7) is 0. The molecule has 0 saturated carbocycles. The van der Waals surface area contributed by atoms with E-state index >= 15 is 0 Å².